The number of ether oxygens (including phenoxy) is 1. The summed E-state index contributed by atoms with van der Waals surface area (Å²) in [5.74, 6) is 1.05. The van der Waals surface area contributed by atoms with E-state index in [9.17, 15) is 4.21 Å². The van der Waals surface area contributed by atoms with E-state index in [2.05, 4.69) is 0 Å². The molecule has 1 atom stereocenters. The number of anilines is 1. The molecule has 2 aromatic carbocycles. The summed E-state index contributed by atoms with van der Waals surface area (Å²) in [5.41, 5.74) is 7.32. The SMILES string of the molecule is COc1cc(N)ccc1S(=O)Cc1ccccc1. The zero-order valence-electron chi connectivity index (χ0n) is 10.1. The molecule has 4 heteroatoms. The van der Waals surface area contributed by atoms with Crippen LogP contribution in [-0.4, -0.2) is 11.3 Å². The molecule has 0 aliphatic rings. The van der Waals surface area contributed by atoms with Crippen LogP contribution in [0.1, 0.15) is 5.56 Å². The van der Waals surface area contributed by atoms with Crippen LogP contribution in [0.3, 0.4) is 0 Å². The van der Waals surface area contributed by atoms with E-state index in [1.54, 1.807) is 25.3 Å². The Balaban J connectivity index is 2.24. The molecule has 2 rings (SSSR count). The molecule has 0 heterocycles. The van der Waals surface area contributed by atoms with E-state index in [4.69, 9.17) is 10.5 Å². The first-order valence-corrected chi connectivity index (χ1v) is 6.88. The first-order chi connectivity index (χ1) is 8.70. The Bertz CT molecular complexity index is 555. The van der Waals surface area contributed by atoms with Crippen molar-refractivity contribution in [2.75, 3.05) is 12.8 Å². The monoisotopic (exact) mass is 261 g/mol. The number of nitrogens with two attached hydrogens (primary N) is 1. The Kier molecular flexibility index (Phi) is 3.99. The van der Waals surface area contributed by atoms with E-state index < -0.39 is 10.8 Å². The molecule has 0 saturated heterocycles. The van der Waals surface area contributed by atoms with Gasteiger partial charge in [0.25, 0.3) is 0 Å². The maximum absolute atomic E-state index is 12.3. The lowest BCUT2D eigenvalue weighted by Crippen LogP contribution is -2.00. The zero-order chi connectivity index (χ0) is 13.0. The molecule has 0 aliphatic heterocycles. The van der Waals surface area contributed by atoms with Gasteiger partial charge in [0.15, 0.2) is 0 Å². The summed E-state index contributed by atoms with van der Waals surface area (Å²) < 4.78 is 17.5. The van der Waals surface area contributed by atoms with Crippen LogP contribution in [-0.2, 0) is 16.6 Å². The molecule has 0 amide bonds. The van der Waals surface area contributed by atoms with Crippen LogP contribution in [0.25, 0.3) is 0 Å². The molecule has 2 N–H and O–H groups in total. The average molecular weight is 261 g/mol. The van der Waals surface area contributed by atoms with Crippen molar-refractivity contribution in [2.45, 2.75) is 10.6 Å². The van der Waals surface area contributed by atoms with Crippen LogP contribution >= 0.6 is 0 Å². The second-order valence-electron chi connectivity index (χ2n) is 3.89. The zero-order valence-corrected chi connectivity index (χ0v) is 10.9. The molecule has 0 fully saturated rings. The second-order valence-corrected chi connectivity index (χ2v) is 5.31. The largest absolute Gasteiger partial charge is 0.495 e. The fourth-order valence-electron chi connectivity index (χ4n) is 1.68. The lowest BCUT2D eigenvalue weighted by atomic mass is 10.2. The predicted molar refractivity (Wildman–Crippen MR) is 74.0 cm³/mol. The maximum Gasteiger partial charge on any atom is 0.137 e. The summed E-state index contributed by atoms with van der Waals surface area (Å²) in [6, 6.07) is 14.9. The van der Waals surface area contributed by atoms with Gasteiger partial charge in [0.2, 0.25) is 0 Å². The standard InChI is InChI=1S/C14H15NO2S/c1-17-13-9-12(15)7-8-14(13)18(16)10-11-5-3-2-4-6-11/h2-9H,10,15H2,1H3. The van der Waals surface area contributed by atoms with Crippen LogP contribution in [0.15, 0.2) is 53.4 Å². The van der Waals surface area contributed by atoms with E-state index in [0.717, 1.165) is 5.56 Å². The van der Waals surface area contributed by atoms with Crippen molar-refractivity contribution in [1.29, 1.82) is 0 Å². The number of hydrogen-bond donors (Lipinski definition) is 1. The Morgan fingerprint density at radius 2 is 1.89 bits per heavy atom. The molecule has 94 valence electrons. The van der Waals surface area contributed by atoms with Crippen LogP contribution in [0, 0.1) is 0 Å². The highest BCUT2D eigenvalue weighted by Crippen LogP contribution is 2.26. The van der Waals surface area contributed by atoms with E-state index in [1.165, 1.54) is 0 Å². The Hall–Kier alpha value is -1.81. The lowest BCUT2D eigenvalue weighted by molar-refractivity contribution is 0.404. The fraction of sp³-hybridized carbons (Fsp3) is 0.143. The minimum absolute atomic E-state index is 0.473. The van der Waals surface area contributed by atoms with E-state index in [0.29, 0.717) is 22.1 Å². The van der Waals surface area contributed by atoms with Gasteiger partial charge in [0, 0.05) is 11.8 Å². The van der Waals surface area contributed by atoms with Crippen molar-refractivity contribution >= 4 is 16.5 Å². The molecule has 2 aromatic rings. The quantitative estimate of drug-likeness (QED) is 0.861. The van der Waals surface area contributed by atoms with Gasteiger partial charge in [-0.15, -0.1) is 0 Å². The molecule has 0 saturated carbocycles. The summed E-state index contributed by atoms with van der Waals surface area (Å²) in [4.78, 5) is 0.676. The van der Waals surface area contributed by atoms with Crippen LogP contribution < -0.4 is 10.5 Å². The van der Waals surface area contributed by atoms with Gasteiger partial charge in [0.1, 0.15) is 5.75 Å². The van der Waals surface area contributed by atoms with Crippen molar-refractivity contribution in [3.8, 4) is 5.75 Å². The highest BCUT2D eigenvalue weighted by Gasteiger charge is 2.11. The van der Waals surface area contributed by atoms with Gasteiger partial charge < -0.3 is 10.5 Å². The Morgan fingerprint density at radius 3 is 2.56 bits per heavy atom. The molecule has 1 unspecified atom stereocenters. The van der Waals surface area contributed by atoms with Crippen LogP contribution in [0.4, 0.5) is 5.69 Å². The summed E-state index contributed by atoms with van der Waals surface area (Å²) in [5, 5.41) is 0. The minimum Gasteiger partial charge on any atom is -0.495 e. The highest BCUT2D eigenvalue weighted by molar-refractivity contribution is 7.84. The third-order valence-corrected chi connectivity index (χ3v) is 4.00. The molecule has 18 heavy (non-hydrogen) atoms. The summed E-state index contributed by atoms with van der Waals surface area (Å²) in [6.07, 6.45) is 0. The average Bonchev–Trinajstić information content (AvgIpc) is 2.39. The molecule has 0 spiro atoms. The van der Waals surface area contributed by atoms with Gasteiger partial charge in [-0.25, -0.2) is 0 Å². The molecule has 3 nitrogen and oxygen atoms in total. The Morgan fingerprint density at radius 1 is 1.17 bits per heavy atom. The summed E-state index contributed by atoms with van der Waals surface area (Å²) in [6.45, 7) is 0. The van der Waals surface area contributed by atoms with Gasteiger partial charge >= 0.3 is 0 Å². The molecular weight excluding hydrogens is 246 g/mol. The lowest BCUT2D eigenvalue weighted by Gasteiger charge is -2.09. The van der Waals surface area contributed by atoms with Gasteiger partial charge in [-0.1, -0.05) is 30.3 Å². The van der Waals surface area contributed by atoms with Gasteiger partial charge in [-0.3, -0.25) is 4.21 Å². The third-order valence-electron chi connectivity index (χ3n) is 2.57. The van der Waals surface area contributed by atoms with Crippen LogP contribution in [0.2, 0.25) is 0 Å². The number of methoxy groups -OCH3 is 1. The minimum atomic E-state index is -1.13. The number of hydrogen-bond acceptors (Lipinski definition) is 3. The number of rotatable bonds is 4. The first-order valence-electron chi connectivity index (χ1n) is 5.56. The third kappa shape index (κ3) is 2.90. The van der Waals surface area contributed by atoms with E-state index in [1.807, 2.05) is 30.3 Å². The first kappa shape index (κ1) is 12.6. The summed E-state index contributed by atoms with van der Waals surface area (Å²) >= 11 is 0. The smallest absolute Gasteiger partial charge is 0.137 e. The fourth-order valence-corrected chi connectivity index (χ4v) is 2.91. The summed E-state index contributed by atoms with van der Waals surface area (Å²) in [7, 11) is 0.419. The predicted octanol–water partition coefficient (Wildman–Crippen LogP) is 2.59. The van der Waals surface area contributed by atoms with Crippen molar-refractivity contribution in [1.82, 2.24) is 0 Å². The van der Waals surface area contributed by atoms with E-state index >= 15 is 0 Å². The topological polar surface area (TPSA) is 52.3 Å². The van der Waals surface area contributed by atoms with E-state index in [-0.39, 0.29) is 0 Å². The van der Waals surface area contributed by atoms with Crippen molar-refractivity contribution < 1.29 is 8.95 Å². The molecular formula is C14H15NO2S. The molecule has 0 aliphatic carbocycles. The van der Waals surface area contributed by atoms with Crippen LogP contribution in [0.5, 0.6) is 5.75 Å². The second kappa shape index (κ2) is 5.69. The maximum atomic E-state index is 12.3. The van der Waals surface area contributed by atoms with Gasteiger partial charge in [-0.05, 0) is 17.7 Å². The number of nitrogen functional groups attached to an aromatic ring is 1. The molecule has 0 radical (unpaired) electrons. The Labute approximate surface area is 109 Å². The van der Waals surface area contributed by atoms with Crippen molar-refractivity contribution in [3.05, 3.63) is 54.1 Å². The van der Waals surface area contributed by atoms with Gasteiger partial charge in [0.05, 0.1) is 28.6 Å². The molecule has 0 aromatic heterocycles. The van der Waals surface area contributed by atoms with Crippen molar-refractivity contribution in [2.24, 2.45) is 0 Å². The highest BCUT2D eigenvalue weighted by atomic mass is 32.2. The van der Waals surface area contributed by atoms with Gasteiger partial charge in [-0.2, -0.15) is 0 Å². The molecule has 0 bridgehead atoms. The number of benzene rings is 2. The van der Waals surface area contributed by atoms with Crippen molar-refractivity contribution in [3.63, 3.8) is 0 Å². The normalized spacial score (nSPS) is 12.1.